The molecule has 1 aromatic heterocycles. The second-order valence-corrected chi connectivity index (χ2v) is 8.95. The zero-order valence-electron chi connectivity index (χ0n) is 21.5. The van der Waals surface area contributed by atoms with Crippen molar-refractivity contribution in [2.75, 3.05) is 12.8 Å². The Labute approximate surface area is 212 Å². The Kier molecular flexibility index (Phi) is 11.5. The molecule has 1 aromatic carbocycles. The predicted molar refractivity (Wildman–Crippen MR) is 136 cm³/mol. The van der Waals surface area contributed by atoms with Crippen LogP contribution in [0.3, 0.4) is 0 Å². The number of nitrogen functional groups attached to an aromatic ring is 1. The molecule has 3 unspecified atom stereocenters. The molecule has 0 fully saturated rings. The van der Waals surface area contributed by atoms with E-state index >= 15 is 0 Å². The van der Waals surface area contributed by atoms with Crippen molar-refractivity contribution in [3.05, 3.63) is 47.2 Å². The average Bonchev–Trinajstić information content (AvgIpc) is 2.81. The van der Waals surface area contributed by atoms with Crippen LogP contribution in [-0.4, -0.2) is 52.6 Å². The normalized spacial score (nSPS) is 13.5. The minimum absolute atomic E-state index is 0.0533. The fourth-order valence-corrected chi connectivity index (χ4v) is 4.11. The summed E-state index contributed by atoms with van der Waals surface area (Å²) in [5.74, 6) is -0.0442. The van der Waals surface area contributed by atoms with E-state index in [0.29, 0.717) is 62.1 Å². The van der Waals surface area contributed by atoms with Crippen LogP contribution in [0.1, 0.15) is 69.6 Å². The highest BCUT2D eigenvalue weighted by Crippen LogP contribution is 2.34. The maximum atomic E-state index is 11.8. The summed E-state index contributed by atoms with van der Waals surface area (Å²) in [6.45, 7) is 4.57. The number of phenols is 1. The fourth-order valence-electron chi connectivity index (χ4n) is 4.11. The van der Waals surface area contributed by atoms with Crippen LogP contribution in [0, 0.1) is 0 Å². The summed E-state index contributed by atoms with van der Waals surface area (Å²) in [5.41, 5.74) is 8.25. The number of nitrogens with zero attached hydrogens (tertiary/aromatic N) is 1. The quantitative estimate of drug-likeness (QED) is 0.330. The van der Waals surface area contributed by atoms with E-state index in [9.17, 15) is 19.8 Å². The van der Waals surface area contributed by atoms with E-state index in [4.69, 9.17) is 19.9 Å². The monoisotopic (exact) mass is 502 g/mol. The number of anilines is 1. The summed E-state index contributed by atoms with van der Waals surface area (Å²) >= 11 is 0. The van der Waals surface area contributed by atoms with Crippen molar-refractivity contribution in [3.63, 3.8) is 0 Å². The lowest BCUT2D eigenvalue weighted by Crippen LogP contribution is -2.27. The lowest BCUT2D eigenvalue weighted by molar-refractivity contribution is -0.153. The summed E-state index contributed by atoms with van der Waals surface area (Å²) in [7, 11) is 1.49. The van der Waals surface area contributed by atoms with Gasteiger partial charge in [0.1, 0.15) is 18.0 Å². The van der Waals surface area contributed by atoms with E-state index in [1.54, 1.807) is 18.3 Å². The van der Waals surface area contributed by atoms with Crippen molar-refractivity contribution in [2.24, 2.45) is 0 Å². The molecular formula is C27H38N2O7. The maximum Gasteiger partial charge on any atom is 0.302 e. The molecule has 198 valence electrons. The Hall–Kier alpha value is -3.33. The summed E-state index contributed by atoms with van der Waals surface area (Å²) in [5, 5.41) is 20.6. The van der Waals surface area contributed by atoms with Crippen molar-refractivity contribution < 1.29 is 34.0 Å². The molecule has 3 atom stereocenters. The number of carbonyl (C=O) groups excluding carboxylic acids is 2. The third-order valence-corrected chi connectivity index (χ3v) is 5.91. The van der Waals surface area contributed by atoms with Crippen molar-refractivity contribution >= 4 is 17.8 Å². The first kappa shape index (κ1) is 28.9. The third-order valence-electron chi connectivity index (χ3n) is 5.91. The second-order valence-electron chi connectivity index (χ2n) is 8.95. The molecule has 0 bridgehead atoms. The van der Waals surface area contributed by atoms with Crippen molar-refractivity contribution in [1.82, 2.24) is 4.98 Å². The molecule has 2 rings (SSSR count). The largest absolute Gasteiger partial charge is 0.504 e. The minimum atomic E-state index is -0.492. The molecule has 9 nitrogen and oxygen atoms in total. The standard InChI is InChI=1S/C27H38N2O7/c1-5-22(32)7-9-24(36-18(3)31)16-23(35-17(2)30)8-6-19-12-21(27(33)25(14-19)34-4)13-20-10-11-29-26(28)15-20/h10-12,14-15,22-24,32-33H,5-9,13,16H2,1-4H3,(H2,28,29). The third kappa shape index (κ3) is 9.73. The maximum absolute atomic E-state index is 11.8. The number of aromatic nitrogens is 1. The number of methoxy groups -OCH3 is 1. The van der Waals surface area contributed by atoms with Crippen LogP contribution in [0.5, 0.6) is 11.5 Å². The van der Waals surface area contributed by atoms with Gasteiger partial charge < -0.3 is 30.2 Å². The second kappa shape index (κ2) is 14.3. The van der Waals surface area contributed by atoms with E-state index in [1.165, 1.54) is 21.0 Å². The van der Waals surface area contributed by atoms with Gasteiger partial charge in [0.05, 0.1) is 13.2 Å². The van der Waals surface area contributed by atoms with Gasteiger partial charge >= 0.3 is 11.9 Å². The van der Waals surface area contributed by atoms with Gasteiger partial charge in [0.25, 0.3) is 0 Å². The summed E-state index contributed by atoms with van der Waals surface area (Å²) < 4.78 is 16.4. The molecule has 1 heterocycles. The molecular weight excluding hydrogens is 464 g/mol. The number of benzene rings is 1. The number of aliphatic hydroxyl groups is 1. The predicted octanol–water partition coefficient (Wildman–Crippen LogP) is 3.71. The zero-order chi connectivity index (χ0) is 26.7. The Bertz CT molecular complexity index is 1010. The van der Waals surface area contributed by atoms with Crippen LogP contribution in [0.2, 0.25) is 0 Å². The van der Waals surface area contributed by atoms with Crippen LogP contribution in [0.4, 0.5) is 5.82 Å². The van der Waals surface area contributed by atoms with E-state index in [0.717, 1.165) is 11.1 Å². The molecule has 9 heteroatoms. The molecule has 0 spiro atoms. The van der Waals surface area contributed by atoms with Gasteiger partial charge in [-0.2, -0.15) is 0 Å². The number of aromatic hydroxyl groups is 1. The van der Waals surface area contributed by atoms with Crippen LogP contribution >= 0.6 is 0 Å². The Morgan fingerprint density at radius 1 is 1.03 bits per heavy atom. The number of nitrogens with two attached hydrogens (primary N) is 1. The number of carbonyl (C=O) groups is 2. The van der Waals surface area contributed by atoms with Crippen molar-refractivity contribution in [2.45, 2.75) is 84.0 Å². The molecule has 0 aliphatic rings. The molecule has 0 aliphatic heterocycles. The number of rotatable bonds is 14. The first-order valence-electron chi connectivity index (χ1n) is 12.2. The Balaban J connectivity index is 2.18. The van der Waals surface area contributed by atoms with Gasteiger partial charge in [-0.05, 0) is 61.4 Å². The number of pyridine rings is 1. The highest BCUT2D eigenvalue weighted by atomic mass is 16.6. The molecule has 0 aliphatic carbocycles. The van der Waals surface area contributed by atoms with Crippen LogP contribution in [0.15, 0.2) is 30.5 Å². The molecule has 0 amide bonds. The molecule has 0 saturated carbocycles. The van der Waals surface area contributed by atoms with Crippen molar-refractivity contribution in [3.8, 4) is 11.5 Å². The smallest absolute Gasteiger partial charge is 0.302 e. The molecule has 2 aromatic rings. The van der Waals surface area contributed by atoms with Gasteiger partial charge in [0, 0.05) is 38.4 Å². The lowest BCUT2D eigenvalue weighted by atomic mass is 9.96. The zero-order valence-corrected chi connectivity index (χ0v) is 21.5. The number of esters is 2. The van der Waals surface area contributed by atoms with E-state index < -0.39 is 30.3 Å². The van der Waals surface area contributed by atoms with Crippen molar-refractivity contribution in [1.29, 1.82) is 0 Å². The topological polar surface area (TPSA) is 141 Å². The van der Waals surface area contributed by atoms with E-state index in [1.807, 2.05) is 19.1 Å². The number of hydrogen-bond donors (Lipinski definition) is 3. The molecule has 4 N–H and O–H groups in total. The van der Waals surface area contributed by atoms with Crippen LogP contribution in [-0.2, 0) is 31.9 Å². The first-order valence-corrected chi connectivity index (χ1v) is 12.2. The van der Waals surface area contributed by atoms with Gasteiger partial charge in [-0.3, -0.25) is 9.59 Å². The minimum Gasteiger partial charge on any atom is -0.504 e. The Morgan fingerprint density at radius 2 is 1.69 bits per heavy atom. The van der Waals surface area contributed by atoms with Gasteiger partial charge in [0.15, 0.2) is 11.5 Å². The van der Waals surface area contributed by atoms with E-state index in [-0.39, 0.29) is 5.75 Å². The highest BCUT2D eigenvalue weighted by Gasteiger charge is 2.23. The average molecular weight is 503 g/mol. The number of aliphatic hydroxyl groups excluding tert-OH is 1. The molecule has 0 saturated heterocycles. The lowest BCUT2D eigenvalue weighted by Gasteiger charge is -2.24. The SMILES string of the molecule is CCC(O)CCC(CC(CCc1cc(Cc2ccnc(N)c2)c(O)c(OC)c1)OC(C)=O)OC(C)=O. The first-order chi connectivity index (χ1) is 17.1. The summed E-state index contributed by atoms with van der Waals surface area (Å²) in [4.78, 5) is 27.4. The number of phenolic OH excluding ortho intramolecular Hbond substituents is 1. The number of hydrogen-bond acceptors (Lipinski definition) is 9. The van der Waals surface area contributed by atoms with Crippen LogP contribution < -0.4 is 10.5 Å². The van der Waals surface area contributed by atoms with Gasteiger partial charge in [-0.15, -0.1) is 0 Å². The highest BCUT2D eigenvalue weighted by molar-refractivity contribution is 5.66. The van der Waals surface area contributed by atoms with Crippen LogP contribution in [0.25, 0.3) is 0 Å². The van der Waals surface area contributed by atoms with Gasteiger partial charge in [-0.25, -0.2) is 4.98 Å². The summed E-state index contributed by atoms with van der Waals surface area (Å²) in [6, 6.07) is 7.22. The molecule has 36 heavy (non-hydrogen) atoms. The Morgan fingerprint density at radius 3 is 2.28 bits per heavy atom. The molecule has 0 radical (unpaired) electrons. The van der Waals surface area contributed by atoms with Gasteiger partial charge in [-0.1, -0.05) is 13.0 Å². The number of ether oxygens (including phenoxy) is 3. The van der Waals surface area contributed by atoms with Gasteiger partial charge in [0.2, 0.25) is 0 Å². The number of aryl methyl sites for hydroxylation is 1. The summed E-state index contributed by atoms with van der Waals surface area (Å²) in [6.07, 6.45) is 3.50. The van der Waals surface area contributed by atoms with E-state index in [2.05, 4.69) is 4.98 Å². The fraction of sp³-hybridized carbons (Fsp3) is 0.519.